The summed E-state index contributed by atoms with van der Waals surface area (Å²) in [6, 6.07) is 3.67. The number of nitrogens with zero attached hydrogens (tertiary/aromatic N) is 3. The molecule has 1 aliphatic rings. The number of hydrogen-bond donors (Lipinski definition) is 2. The molecule has 2 aromatic rings. The lowest BCUT2D eigenvalue weighted by Crippen LogP contribution is -2.42. The number of ether oxygens (including phenoxy) is 2. The Morgan fingerprint density at radius 1 is 1.23 bits per heavy atom. The summed E-state index contributed by atoms with van der Waals surface area (Å²) in [4.78, 5) is 13.6. The normalized spacial score (nSPS) is 16.2. The van der Waals surface area contributed by atoms with Gasteiger partial charge in [0.05, 0.1) is 13.3 Å². The average Bonchev–Trinajstić information content (AvgIpc) is 3.22. The van der Waals surface area contributed by atoms with E-state index >= 15 is 0 Å². The first-order valence-electron chi connectivity index (χ1n) is 8.76. The Morgan fingerprint density at radius 2 is 2.00 bits per heavy atom. The fourth-order valence-corrected chi connectivity index (χ4v) is 3.01. The van der Waals surface area contributed by atoms with E-state index in [-0.39, 0.29) is 6.10 Å². The molecule has 0 amide bonds. The summed E-state index contributed by atoms with van der Waals surface area (Å²) >= 11 is 0. The molecule has 1 saturated heterocycles. The predicted molar refractivity (Wildman–Crippen MR) is 101 cm³/mol. The molecule has 2 aromatic heterocycles. The fraction of sp³-hybridized carbons (Fsp3) is 0.421. The molecule has 0 aromatic carbocycles. The quantitative estimate of drug-likeness (QED) is 0.635. The molecule has 0 radical (unpaired) electrons. The van der Waals surface area contributed by atoms with E-state index in [0.29, 0.717) is 11.7 Å². The molecule has 0 atom stereocenters. The van der Waals surface area contributed by atoms with Crippen LogP contribution in [0.25, 0.3) is 5.57 Å². The molecule has 0 aliphatic carbocycles. The minimum Gasteiger partial charge on any atom is -0.489 e. The fourth-order valence-electron chi connectivity index (χ4n) is 3.01. The largest absolute Gasteiger partial charge is 0.489 e. The second-order valence-electron chi connectivity index (χ2n) is 6.38. The third-order valence-electron chi connectivity index (χ3n) is 4.75. The first-order valence-corrected chi connectivity index (χ1v) is 8.76. The lowest BCUT2D eigenvalue weighted by Gasteiger charge is -2.34. The molecule has 7 heteroatoms. The third kappa shape index (κ3) is 4.04. The molecule has 1 fully saturated rings. The van der Waals surface area contributed by atoms with E-state index in [2.05, 4.69) is 19.9 Å². The van der Waals surface area contributed by atoms with E-state index in [1.54, 1.807) is 31.8 Å². The van der Waals surface area contributed by atoms with Crippen LogP contribution in [0, 0.1) is 5.41 Å². The molecule has 3 heterocycles. The maximum absolute atomic E-state index is 8.52. The summed E-state index contributed by atoms with van der Waals surface area (Å²) in [5.41, 5.74) is 1.95. The number of allylic oxidation sites excluding steroid dienone is 1. The van der Waals surface area contributed by atoms with Crippen LogP contribution < -0.4 is 9.47 Å². The van der Waals surface area contributed by atoms with Gasteiger partial charge in [-0.05, 0) is 31.1 Å². The highest BCUT2D eigenvalue weighted by atomic mass is 16.5. The van der Waals surface area contributed by atoms with Crippen LogP contribution in [0.1, 0.15) is 32.5 Å². The van der Waals surface area contributed by atoms with Crippen molar-refractivity contribution >= 4 is 11.4 Å². The minimum atomic E-state index is 0.143. The Labute approximate surface area is 153 Å². The zero-order chi connectivity index (χ0) is 18.5. The van der Waals surface area contributed by atoms with Crippen molar-refractivity contribution in [3.05, 3.63) is 42.1 Å². The Balaban J connectivity index is 1.56. The summed E-state index contributed by atoms with van der Waals surface area (Å²) in [5, 5.41) is 8.52. The molecule has 0 bridgehead atoms. The van der Waals surface area contributed by atoms with Crippen LogP contribution >= 0.6 is 0 Å². The standard InChI is InChI=1S/C19H25N5O2/c1-13(14(2)19-21-8-9-22-19)18(20)24-10-6-15(7-11-24)26-16-4-5-17(25-3)23-12-16/h4-5,8-9,12,15,20H,6-7,10-11H2,1-3H3,(H,21,22)/b14-13-,20-18?. The van der Waals surface area contributed by atoms with E-state index in [9.17, 15) is 0 Å². The molecule has 3 rings (SSSR count). The van der Waals surface area contributed by atoms with E-state index in [0.717, 1.165) is 48.7 Å². The summed E-state index contributed by atoms with van der Waals surface area (Å²) in [6.07, 6.45) is 7.11. The summed E-state index contributed by atoms with van der Waals surface area (Å²) in [6.45, 7) is 5.58. The van der Waals surface area contributed by atoms with Crippen LogP contribution in [-0.4, -0.2) is 52.0 Å². The lowest BCUT2D eigenvalue weighted by atomic mass is 10.0. The van der Waals surface area contributed by atoms with Crippen LogP contribution in [-0.2, 0) is 0 Å². The summed E-state index contributed by atoms with van der Waals surface area (Å²) in [5.74, 6) is 2.71. The van der Waals surface area contributed by atoms with E-state index in [4.69, 9.17) is 14.9 Å². The molecular formula is C19H25N5O2. The Bertz CT molecular complexity index is 760. The number of methoxy groups -OCH3 is 1. The van der Waals surface area contributed by atoms with Gasteiger partial charge in [-0.25, -0.2) is 9.97 Å². The third-order valence-corrected chi connectivity index (χ3v) is 4.75. The van der Waals surface area contributed by atoms with Crippen LogP contribution in [0.2, 0.25) is 0 Å². The number of piperidine rings is 1. The molecule has 138 valence electrons. The van der Waals surface area contributed by atoms with Crippen molar-refractivity contribution in [1.82, 2.24) is 19.9 Å². The minimum absolute atomic E-state index is 0.143. The van der Waals surface area contributed by atoms with Gasteiger partial charge in [0.1, 0.15) is 23.5 Å². The molecule has 26 heavy (non-hydrogen) atoms. The van der Waals surface area contributed by atoms with Crippen LogP contribution in [0.5, 0.6) is 11.6 Å². The van der Waals surface area contributed by atoms with Crippen molar-refractivity contribution in [2.45, 2.75) is 32.8 Å². The van der Waals surface area contributed by atoms with Crippen molar-refractivity contribution in [2.75, 3.05) is 20.2 Å². The SMILES string of the molecule is COc1ccc(OC2CCN(C(=N)/C(C)=C(/C)c3ncc[nH]3)CC2)cn1. The van der Waals surface area contributed by atoms with Gasteiger partial charge >= 0.3 is 0 Å². The molecular weight excluding hydrogens is 330 g/mol. The van der Waals surface area contributed by atoms with E-state index < -0.39 is 0 Å². The lowest BCUT2D eigenvalue weighted by molar-refractivity contribution is 0.130. The maximum atomic E-state index is 8.52. The Morgan fingerprint density at radius 3 is 2.58 bits per heavy atom. The van der Waals surface area contributed by atoms with Gasteiger partial charge < -0.3 is 19.4 Å². The number of nitrogens with one attached hydrogen (secondary N) is 2. The number of amidine groups is 1. The highest BCUT2D eigenvalue weighted by Crippen LogP contribution is 2.22. The first kappa shape index (κ1) is 18.0. The Kier molecular flexibility index (Phi) is 5.55. The van der Waals surface area contributed by atoms with Gasteiger partial charge in [-0.1, -0.05) is 0 Å². The van der Waals surface area contributed by atoms with Crippen molar-refractivity contribution < 1.29 is 9.47 Å². The molecule has 1 aliphatic heterocycles. The highest BCUT2D eigenvalue weighted by molar-refractivity contribution is 6.01. The Hall–Kier alpha value is -2.83. The van der Waals surface area contributed by atoms with Crippen LogP contribution in [0.4, 0.5) is 0 Å². The van der Waals surface area contributed by atoms with Gasteiger partial charge in [-0.15, -0.1) is 0 Å². The van der Waals surface area contributed by atoms with Gasteiger partial charge in [0.25, 0.3) is 0 Å². The monoisotopic (exact) mass is 355 g/mol. The van der Waals surface area contributed by atoms with Gasteiger partial charge in [-0.2, -0.15) is 0 Å². The van der Waals surface area contributed by atoms with E-state index in [1.165, 1.54) is 0 Å². The second-order valence-corrected chi connectivity index (χ2v) is 6.38. The first-order chi connectivity index (χ1) is 12.6. The summed E-state index contributed by atoms with van der Waals surface area (Å²) in [7, 11) is 1.59. The van der Waals surface area contributed by atoms with Crippen LogP contribution in [0.15, 0.2) is 36.3 Å². The van der Waals surface area contributed by atoms with E-state index in [1.807, 2.05) is 19.9 Å². The number of likely N-dealkylation sites (tertiary alicyclic amines) is 1. The van der Waals surface area contributed by atoms with Crippen molar-refractivity contribution in [3.63, 3.8) is 0 Å². The van der Waals surface area contributed by atoms with Gasteiger partial charge in [0, 0.05) is 44.4 Å². The average molecular weight is 355 g/mol. The van der Waals surface area contributed by atoms with Crippen molar-refractivity contribution in [2.24, 2.45) is 0 Å². The molecule has 0 unspecified atom stereocenters. The summed E-state index contributed by atoms with van der Waals surface area (Å²) < 4.78 is 11.1. The molecule has 7 nitrogen and oxygen atoms in total. The number of hydrogen-bond acceptors (Lipinski definition) is 5. The zero-order valence-electron chi connectivity index (χ0n) is 15.5. The second kappa shape index (κ2) is 8.03. The topological polar surface area (TPSA) is 87.1 Å². The molecule has 0 saturated carbocycles. The maximum Gasteiger partial charge on any atom is 0.213 e. The van der Waals surface area contributed by atoms with Gasteiger partial charge in [0.2, 0.25) is 5.88 Å². The molecule has 2 N–H and O–H groups in total. The number of pyridine rings is 1. The van der Waals surface area contributed by atoms with Crippen LogP contribution in [0.3, 0.4) is 0 Å². The van der Waals surface area contributed by atoms with Gasteiger partial charge in [-0.3, -0.25) is 5.41 Å². The van der Waals surface area contributed by atoms with Gasteiger partial charge in [0.15, 0.2) is 0 Å². The molecule has 0 spiro atoms. The smallest absolute Gasteiger partial charge is 0.213 e. The zero-order valence-corrected chi connectivity index (χ0v) is 15.5. The number of aromatic nitrogens is 3. The highest BCUT2D eigenvalue weighted by Gasteiger charge is 2.23. The number of aromatic amines is 1. The number of imidazole rings is 1. The van der Waals surface area contributed by atoms with Crippen molar-refractivity contribution in [3.8, 4) is 11.6 Å². The number of H-pyrrole nitrogens is 1. The predicted octanol–water partition coefficient (Wildman–Crippen LogP) is 3.13. The van der Waals surface area contributed by atoms with Crippen molar-refractivity contribution in [1.29, 1.82) is 5.41 Å². The number of rotatable bonds is 5.